The van der Waals surface area contributed by atoms with Crippen LogP contribution in [0.25, 0.3) is 11.0 Å². The average Bonchev–Trinajstić information content (AvgIpc) is 3.00. The topological polar surface area (TPSA) is 100 Å². The lowest BCUT2D eigenvalue weighted by Crippen LogP contribution is -2.47. The zero-order chi connectivity index (χ0) is 16.2. The molecular formula is C15H19N5O3. The summed E-state index contributed by atoms with van der Waals surface area (Å²) >= 11 is 0. The van der Waals surface area contributed by atoms with Gasteiger partial charge in [0.15, 0.2) is 0 Å². The Labute approximate surface area is 133 Å². The fraction of sp³-hybridized carbons (Fsp3) is 0.467. The first-order valence-electron chi connectivity index (χ1n) is 7.53. The van der Waals surface area contributed by atoms with Crippen LogP contribution in [0, 0.1) is 0 Å². The lowest BCUT2D eigenvalue weighted by atomic mass is 10.0. The van der Waals surface area contributed by atoms with Crippen molar-refractivity contribution >= 4 is 22.8 Å². The van der Waals surface area contributed by atoms with Gasteiger partial charge in [-0.3, -0.25) is 9.59 Å². The number of ether oxygens (including phenoxy) is 1. The van der Waals surface area contributed by atoms with Crippen molar-refractivity contribution in [2.45, 2.75) is 18.9 Å². The van der Waals surface area contributed by atoms with Crippen LogP contribution in [0.5, 0.6) is 0 Å². The number of nitrogens with zero attached hydrogens (tertiary/aromatic N) is 3. The van der Waals surface area contributed by atoms with E-state index in [9.17, 15) is 9.59 Å². The van der Waals surface area contributed by atoms with Crippen LogP contribution in [-0.4, -0.2) is 64.5 Å². The molecule has 2 aromatic heterocycles. The molecule has 0 aromatic carbocycles. The minimum Gasteiger partial charge on any atom is -0.375 e. The minimum absolute atomic E-state index is 0.00870. The molecule has 8 nitrogen and oxygen atoms in total. The zero-order valence-corrected chi connectivity index (χ0v) is 12.9. The summed E-state index contributed by atoms with van der Waals surface area (Å²) in [5.41, 5.74) is 1.86. The van der Waals surface area contributed by atoms with Crippen LogP contribution in [-0.2, 0) is 9.53 Å². The number of hydrogen-bond donors (Lipinski definition) is 2. The van der Waals surface area contributed by atoms with Crippen molar-refractivity contribution in [1.82, 2.24) is 25.2 Å². The Morgan fingerprint density at radius 2 is 2.22 bits per heavy atom. The van der Waals surface area contributed by atoms with Crippen molar-refractivity contribution in [2.75, 3.05) is 26.8 Å². The number of carbonyl (C=O) groups is 2. The molecule has 1 saturated heterocycles. The number of aromatic nitrogens is 3. The summed E-state index contributed by atoms with van der Waals surface area (Å²) in [7, 11) is 1.51. The standard InChI is InChI=1S/C15H19N5O3/c1-23-8-13(21)20-4-2-10(3-5-20)19-15(22)11-6-17-12-7-16-9-18-14(11)12/h6-7,9-10,17H,2-5,8H2,1H3,(H,19,22). The highest BCUT2D eigenvalue weighted by atomic mass is 16.5. The second kappa shape index (κ2) is 6.74. The first-order chi connectivity index (χ1) is 11.2. The van der Waals surface area contributed by atoms with Crippen LogP contribution in [0.4, 0.5) is 0 Å². The Morgan fingerprint density at radius 3 is 2.96 bits per heavy atom. The fourth-order valence-electron chi connectivity index (χ4n) is 2.79. The second-order valence-corrected chi connectivity index (χ2v) is 5.55. The third-order valence-electron chi connectivity index (χ3n) is 4.03. The number of piperidine rings is 1. The number of hydrogen-bond acceptors (Lipinski definition) is 5. The molecule has 0 aliphatic carbocycles. The fourth-order valence-corrected chi connectivity index (χ4v) is 2.79. The van der Waals surface area contributed by atoms with Gasteiger partial charge in [-0.25, -0.2) is 9.97 Å². The molecule has 0 saturated carbocycles. The number of methoxy groups -OCH3 is 1. The summed E-state index contributed by atoms with van der Waals surface area (Å²) < 4.78 is 4.86. The van der Waals surface area contributed by atoms with Crippen LogP contribution in [0.1, 0.15) is 23.2 Å². The van der Waals surface area contributed by atoms with E-state index in [1.165, 1.54) is 13.4 Å². The summed E-state index contributed by atoms with van der Waals surface area (Å²) in [4.78, 5) is 37.0. The van der Waals surface area contributed by atoms with Crippen molar-refractivity contribution in [3.05, 3.63) is 24.3 Å². The number of H-pyrrole nitrogens is 1. The van der Waals surface area contributed by atoms with E-state index in [1.54, 1.807) is 17.3 Å². The van der Waals surface area contributed by atoms with E-state index in [1.807, 2.05) is 0 Å². The number of likely N-dealkylation sites (tertiary alicyclic amines) is 1. The predicted octanol–water partition coefficient (Wildman–Crippen LogP) is 0.325. The lowest BCUT2D eigenvalue weighted by molar-refractivity contribution is -0.136. The van der Waals surface area contributed by atoms with E-state index in [-0.39, 0.29) is 24.5 Å². The highest BCUT2D eigenvalue weighted by Crippen LogP contribution is 2.16. The molecule has 2 aromatic rings. The Kier molecular flexibility index (Phi) is 4.52. The van der Waals surface area contributed by atoms with Crippen molar-refractivity contribution in [2.24, 2.45) is 0 Å². The monoisotopic (exact) mass is 317 g/mol. The van der Waals surface area contributed by atoms with Gasteiger partial charge in [-0.15, -0.1) is 0 Å². The summed E-state index contributed by atoms with van der Waals surface area (Å²) in [6.07, 6.45) is 6.18. The molecule has 0 radical (unpaired) electrons. The van der Waals surface area contributed by atoms with Crippen LogP contribution < -0.4 is 5.32 Å². The van der Waals surface area contributed by atoms with Crippen LogP contribution in [0.2, 0.25) is 0 Å². The molecular weight excluding hydrogens is 298 g/mol. The molecule has 0 atom stereocenters. The molecule has 0 unspecified atom stereocenters. The zero-order valence-electron chi connectivity index (χ0n) is 12.9. The highest BCUT2D eigenvalue weighted by Gasteiger charge is 2.24. The van der Waals surface area contributed by atoms with Gasteiger partial charge in [0.05, 0.1) is 17.3 Å². The van der Waals surface area contributed by atoms with Gasteiger partial charge < -0.3 is 19.9 Å². The van der Waals surface area contributed by atoms with E-state index in [0.29, 0.717) is 24.2 Å². The van der Waals surface area contributed by atoms with Gasteiger partial charge in [0, 0.05) is 32.4 Å². The molecule has 1 fully saturated rings. The Balaban J connectivity index is 1.58. The summed E-state index contributed by atoms with van der Waals surface area (Å²) in [5, 5.41) is 3.02. The molecule has 0 bridgehead atoms. The third-order valence-corrected chi connectivity index (χ3v) is 4.03. The van der Waals surface area contributed by atoms with Gasteiger partial charge in [-0.2, -0.15) is 0 Å². The second-order valence-electron chi connectivity index (χ2n) is 5.55. The van der Waals surface area contributed by atoms with Gasteiger partial charge in [-0.05, 0) is 12.8 Å². The minimum atomic E-state index is -0.156. The molecule has 0 spiro atoms. The van der Waals surface area contributed by atoms with Crippen LogP contribution >= 0.6 is 0 Å². The van der Waals surface area contributed by atoms with Crippen molar-refractivity contribution in [3.8, 4) is 0 Å². The molecule has 2 amide bonds. The van der Waals surface area contributed by atoms with Gasteiger partial charge in [0.2, 0.25) is 5.91 Å². The summed E-state index contributed by atoms with van der Waals surface area (Å²) in [5.74, 6) is -0.165. The summed E-state index contributed by atoms with van der Waals surface area (Å²) in [6.45, 7) is 1.36. The first kappa shape index (κ1) is 15.4. The molecule has 3 heterocycles. The molecule has 23 heavy (non-hydrogen) atoms. The third kappa shape index (κ3) is 3.31. The number of fused-ring (bicyclic) bond motifs is 1. The van der Waals surface area contributed by atoms with Crippen molar-refractivity contribution in [1.29, 1.82) is 0 Å². The van der Waals surface area contributed by atoms with Gasteiger partial charge >= 0.3 is 0 Å². The van der Waals surface area contributed by atoms with Crippen molar-refractivity contribution < 1.29 is 14.3 Å². The maximum atomic E-state index is 12.4. The van der Waals surface area contributed by atoms with Gasteiger partial charge in [-0.1, -0.05) is 0 Å². The molecule has 8 heteroatoms. The number of aromatic amines is 1. The molecule has 2 N–H and O–H groups in total. The molecule has 122 valence electrons. The average molecular weight is 317 g/mol. The summed E-state index contributed by atoms with van der Waals surface area (Å²) in [6, 6.07) is 0.0564. The lowest BCUT2D eigenvalue weighted by Gasteiger charge is -2.32. The van der Waals surface area contributed by atoms with Crippen molar-refractivity contribution in [3.63, 3.8) is 0 Å². The number of carbonyl (C=O) groups excluding carboxylic acids is 2. The SMILES string of the molecule is COCC(=O)N1CCC(NC(=O)c2c[nH]c3cncnc23)CC1. The van der Waals surface area contributed by atoms with Crippen LogP contribution in [0.15, 0.2) is 18.7 Å². The normalized spacial score (nSPS) is 15.8. The maximum Gasteiger partial charge on any atom is 0.255 e. The largest absolute Gasteiger partial charge is 0.375 e. The van der Waals surface area contributed by atoms with E-state index in [0.717, 1.165) is 18.4 Å². The predicted molar refractivity (Wildman–Crippen MR) is 82.8 cm³/mol. The number of amides is 2. The highest BCUT2D eigenvalue weighted by molar-refractivity contribution is 6.05. The Bertz CT molecular complexity index is 706. The molecule has 1 aliphatic rings. The number of nitrogens with one attached hydrogen (secondary N) is 2. The molecule has 1 aliphatic heterocycles. The van der Waals surface area contributed by atoms with E-state index in [4.69, 9.17) is 4.74 Å². The van der Waals surface area contributed by atoms with E-state index < -0.39 is 0 Å². The molecule has 3 rings (SSSR count). The van der Waals surface area contributed by atoms with Gasteiger partial charge in [0.1, 0.15) is 18.5 Å². The first-order valence-corrected chi connectivity index (χ1v) is 7.53. The Morgan fingerprint density at radius 1 is 1.43 bits per heavy atom. The van der Waals surface area contributed by atoms with E-state index in [2.05, 4.69) is 20.3 Å². The van der Waals surface area contributed by atoms with Crippen LogP contribution in [0.3, 0.4) is 0 Å². The van der Waals surface area contributed by atoms with Gasteiger partial charge in [0.25, 0.3) is 5.91 Å². The quantitative estimate of drug-likeness (QED) is 0.846. The van der Waals surface area contributed by atoms with E-state index >= 15 is 0 Å². The Hall–Kier alpha value is -2.48. The number of rotatable bonds is 4. The smallest absolute Gasteiger partial charge is 0.255 e. The maximum absolute atomic E-state index is 12.4.